The lowest BCUT2D eigenvalue weighted by atomic mass is 9.93. The molecule has 3 heteroatoms. The van der Waals surface area contributed by atoms with Crippen molar-refractivity contribution in [1.29, 1.82) is 0 Å². The molecule has 2 N–H and O–H groups in total. The first-order chi connectivity index (χ1) is 4.69. The number of hydrogen-bond donors (Lipinski definition) is 2. The predicted octanol–water partition coefficient (Wildman–Crippen LogP) is -0.254. The highest BCUT2D eigenvalue weighted by atomic mass is 16.5. The fraction of sp³-hybridized carbons (Fsp3) is 1.00. The maximum absolute atomic E-state index is 9.46. The summed E-state index contributed by atoms with van der Waals surface area (Å²) in [6, 6.07) is 0. The Kier molecular flexibility index (Phi) is 2.28. The van der Waals surface area contributed by atoms with Gasteiger partial charge in [0.2, 0.25) is 0 Å². The number of ether oxygens (including phenoxy) is 1. The largest absolute Gasteiger partial charge is 0.390 e. The van der Waals surface area contributed by atoms with E-state index >= 15 is 0 Å². The molecule has 1 saturated heterocycles. The summed E-state index contributed by atoms with van der Waals surface area (Å²) in [5.74, 6) is 0. The van der Waals surface area contributed by atoms with Crippen molar-refractivity contribution in [2.24, 2.45) is 0 Å². The van der Waals surface area contributed by atoms with Crippen LogP contribution in [-0.2, 0) is 4.74 Å². The lowest BCUT2D eigenvalue weighted by Gasteiger charge is -2.37. The summed E-state index contributed by atoms with van der Waals surface area (Å²) in [6.07, 6.45) is 0.461. The lowest BCUT2D eigenvalue weighted by Crippen LogP contribution is -2.54. The summed E-state index contributed by atoms with van der Waals surface area (Å²) in [5, 5.41) is 12.6. The lowest BCUT2D eigenvalue weighted by molar-refractivity contribution is -0.102. The highest BCUT2D eigenvalue weighted by Gasteiger charge is 2.34. The fourth-order valence-corrected chi connectivity index (χ4v) is 1.21. The number of nitrogens with one attached hydrogen (secondary N) is 1. The molecule has 0 aliphatic carbocycles. The standard InChI is InChI=1S/C7H15NO2/c1-7(10-2)5-8-4-3-6(7)9/h6,8-9H,3-5H2,1-2H3/t6-,7+/m0/s1. The second-order valence-corrected chi connectivity index (χ2v) is 3.00. The minimum Gasteiger partial charge on any atom is -0.390 e. The number of methoxy groups -OCH3 is 1. The third-order valence-electron chi connectivity index (χ3n) is 2.24. The first kappa shape index (κ1) is 7.98. The number of piperidine rings is 1. The van der Waals surface area contributed by atoms with Crippen molar-refractivity contribution in [1.82, 2.24) is 5.32 Å². The maximum Gasteiger partial charge on any atom is 0.103 e. The Labute approximate surface area is 61.4 Å². The molecule has 0 aromatic carbocycles. The summed E-state index contributed by atoms with van der Waals surface area (Å²) in [7, 11) is 1.64. The second-order valence-electron chi connectivity index (χ2n) is 3.00. The molecule has 0 unspecified atom stereocenters. The minimum absolute atomic E-state index is 0.321. The smallest absolute Gasteiger partial charge is 0.103 e. The van der Waals surface area contributed by atoms with Crippen molar-refractivity contribution >= 4 is 0 Å². The van der Waals surface area contributed by atoms with Crippen LogP contribution in [0.25, 0.3) is 0 Å². The van der Waals surface area contributed by atoms with Crippen LogP contribution in [0.4, 0.5) is 0 Å². The van der Waals surface area contributed by atoms with Crippen LogP contribution in [0.2, 0.25) is 0 Å². The van der Waals surface area contributed by atoms with Crippen LogP contribution in [0.15, 0.2) is 0 Å². The van der Waals surface area contributed by atoms with Gasteiger partial charge in [-0.3, -0.25) is 0 Å². The van der Waals surface area contributed by atoms with Gasteiger partial charge in [-0.25, -0.2) is 0 Å². The van der Waals surface area contributed by atoms with Gasteiger partial charge in [0.05, 0.1) is 6.10 Å². The Morgan fingerprint density at radius 3 is 2.80 bits per heavy atom. The Balaban J connectivity index is 2.54. The maximum atomic E-state index is 9.46. The van der Waals surface area contributed by atoms with Crippen LogP contribution in [0, 0.1) is 0 Å². The Bertz CT molecular complexity index is 118. The second kappa shape index (κ2) is 2.86. The fourth-order valence-electron chi connectivity index (χ4n) is 1.21. The van der Waals surface area contributed by atoms with Crippen LogP contribution in [0.5, 0.6) is 0 Å². The van der Waals surface area contributed by atoms with E-state index in [0.717, 1.165) is 19.5 Å². The van der Waals surface area contributed by atoms with E-state index in [1.807, 2.05) is 6.92 Å². The summed E-state index contributed by atoms with van der Waals surface area (Å²) in [5.41, 5.74) is -0.377. The van der Waals surface area contributed by atoms with Crippen LogP contribution >= 0.6 is 0 Å². The summed E-state index contributed by atoms with van der Waals surface area (Å²) < 4.78 is 5.18. The average Bonchev–Trinajstić information content (AvgIpc) is 1.96. The molecular formula is C7H15NO2. The Morgan fingerprint density at radius 2 is 2.40 bits per heavy atom. The van der Waals surface area contributed by atoms with Gasteiger partial charge in [-0.1, -0.05) is 0 Å². The molecule has 0 saturated carbocycles. The van der Waals surface area contributed by atoms with Gasteiger partial charge in [0.25, 0.3) is 0 Å². The number of aliphatic hydroxyl groups is 1. The van der Waals surface area contributed by atoms with Crippen molar-refractivity contribution in [3.8, 4) is 0 Å². The van der Waals surface area contributed by atoms with Crippen LogP contribution in [0.1, 0.15) is 13.3 Å². The summed E-state index contributed by atoms with van der Waals surface area (Å²) >= 11 is 0. The van der Waals surface area contributed by atoms with E-state index in [1.54, 1.807) is 7.11 Å². The average molecular weight is 145 g/mol. The van der Waals surface area contributed by atoms with Crippen molar-refractivity contribution in [2.75, 3.05) is 20.2 Å². The van der Waals surface area contributed by atoms with Gasteiger partial charge in [-0.05, 0) is 19.9 Å². The molecule has 60 valence electrons. The molecular weight excluding hydrogens is 130 g/mol. The van der Waals surface area contributed by atoms with Crippen LogP contribution in [0.3, 0.4) is 0 Å². The van der Waals surface area contributed by atoms with E-state index in [9.17, 15) is 5.11 Å². The van der Waals surface area contributed by atoms with Crippen LogP contribution < -0.4 is 5.32 Å². The van der Waals surface area contributed by atoms with E-state index < -0.39 is 0 Å². The van der Waals surface area contributed by atoms with Gasteiger partial charge in [-0.15, -0.1) is 0 Å². The summed E-state index contributed by atoms with van der Waals surface area (Å²) in [4.78, 5) is 0. The summed E-state index contributed by atoms with van der Waals surface area (Å²) in [6.45, 7) is 3.55. The first-order valence-corrected chi connectivity index (χ1v) is 3.63. The van der Waals surface area contributed by atoms with Gasteiger partial charge in [-0.2, -0.15) is 0 Å². The predicted molar refractivity (Wildman–Crippen MR) is 38.9 cm³/mol. The molecule has 2 atom stereocenters. The molecule has 1 rings (SSSR count). The molecule has 10 heavy (non-hydrogen) atoms. The third-order valence-corrected chi connectivity index (χ3v) is 2.24. The normalized spacial score (nSPS) is 41.7. The van der Waals surface area contributed by atoms with Crippen molar-refractivity contribution in [3.05, 3.63) is 0 Å². The highest BCUT2D eigenvalue weighted by molar-refractivity contribution is 4.89. The Hall–Kier alpha value is -0.120. The van der Waals surface area contributed by atoms with E-state index in [4.69, 9.17) is 4.74 Å². The number of hydrogen-bond acceptors (Lipinski definition) is 3. The number of aliphatic hydroxyl groups excluding tert-OH is 1. The molecule has 1 aliphatic rings. The van der Waals surface area contributed by atoms with Crippen molar-refractivity contribution in [3.63, 3.8) is 0 Å². The first-order valence-electron chi connectivity index (χ1n) is 3.63. The van der Waals surface area contributed by atoms with E-state index in [2.05, 4.69) is 5.32 Å². The zero-order valence-electron chi connectivity index (χ0n) is 6.55. The zero-order chi connectivity index (χ0) is 7.61. The number of rotatable bonds is 1. The SMILES string of the molecule is CO[C@]1(C)CNCC[C@@H]1O. The molecule has 0 aromatic heterocycles. The molecule has 0 aromatic rings. The van der Waals surface area contributed by atoms with Crippen molar-refractivity contribution < 1.29 is 9.84 Å². The molecule has 1 fully saturated rings. The van der Waals surface area contributed by atoms with Gasteiger partial charge in [0, 0.05) is 13.7 Å². The van der Waals surface area contributed by atoms with Gasteiger partial charge < -0.3 is 15.2 Å². The highest BCUT2D eigenvalue weighted by Crippen LogP contribution is 2.19. The van der Waals surface area contributed by atoms with Gasteiger partial charge in [0.1, 0.15) is 5.60 Å². The third kappa shape index (κ3) is 1.31. The van der Waals surface area contributed by atoms with Gasteiger partial charge >= 0.3 is 0 Å². The molecule has 1 heterocycles. The van der Waals surface area contributed by atoms with Gasteiger partial charge in [0.15, 0.2) is 0 Å². The molecule has 0 radical (unpaired) electrons. The molecule has 0 amide bonds. The van der Waals surface area contributed by atoms with Crippen LogP contribution in [-0.4, -0.2) is 37.0 Å². The van der Waals surface area contributed by atoms with E-state index in [1.165, 1.54) is 0 Å². The minimum atomic E-state index is -0.377. The topological polar surface area (TPSA) is 41.5 Å². The molecule has 1 aliphatic heterocycles. The molecule has 3 nitrogen and oxygen atoms in total. The van der Waals surface area contributed by atoms with E-state index in [0.29, 0.717) is 0 Å². The van der Waals surface area contributed by atoms with E-state index in [-0.39, 0.29) is 11.7 Å². The zero-order valence-corrected chi connectivity index (χ0v) is 6.55. The quantitative estimate of drug-likeness (QED) is 0.534. The van der Waals surface area contributed by atoms with Crippen molar-refractivity contribution in [2.45, 2.75) is 25.0 Å². The molecule has 0 spiro atoms. The Morgan fingerprint density at radius 1 is 1.70 bits per heavy atom. The molecule has 0 bridgehead atoms. The monoisotopic (exact) mass is 145 g/mol.